The second-order valence-corrected chi connectivity index (χ2v) is 5.54. The molecule has 1 aliphatic rings. The maximum absolute atomic E-state index is 12.3. The van der Waals surface area contributed by atoms with Crippen LogP contribution in [0.3, 0.4) is 0 Å². The minimum absolute atomic E-state index is 0.0801. The van der Waals surface area contributed by atoms with Gasteiger partial charge in [-0.15, -0.1) is 0 Å². The van der Waals surface area contributed by atoms with Crippen LogP contribution in [0.5, 0.6) is 0 Å². The van der Waals surface area contributed by atoms with Gasteiger partial charge in [0.2, 0.25) is 0 Å². The summed E-state index contributed by atoms with van der Waals surface area (Å²) in [4.78, 5) is 27.1. The zero-order valence-electron chi connectivity index (χ0n) is 12.6. The minimum Gasteiger partial charge on any atom is -0.481 e. The summed E-state index contributed by atoms with van der Waals surface area (Å²) in [6, 6.07) is 7.51. The molecule has 1 aromatic rings. The summed E-state index contributed by atoms with van der Waals surface area (Å²) >= 11 is 0. The number of carboxylic acid groups (broad SMARTS) is 1. The topological polar surface area (TPSA) is 60.9 Å². The molecule has 2 rings (SSSR count). The quantitative estimate of drug-likeness (QED) is 0.902. The van der Waals surface area contributed by atoms with Gasteiger partial charge in [0, 0.05) is 37.9 Å². The van der Waals surface area contributed by atoms with Crippen LogP contribution in [0.25, 0.3) is 0 Å². The van der Waals surface area contributed by atoms with E-state index in [4.69, 9.17) is 5.11 Å². The first-order valence-electron chi connectivity index (χ1n) is 7.36. The van der Waals surface area contributed by atoms with Gasteiger partial charge >= 0.3 is 5.97 Å². The van der Waals surface area contributed by atoms with Gasteiger partial charge < -0.3 is 14.9 Å². The third-order valence-electron chi connectivity index (χ3n) is 3.94. The van der Waals surface area contributed by atoms with Gasteiger partial charge in [0.1, 0.15) is 0 Å². The molecule has 0 bridgehead atoms. The fourth-order valence-electron chi connectivity index (χ4n) is 2.65. The number of carbonyl (C=O) groups excluding carboxylic acids is 1. The number of nitrogens with zero attached hydrogens (tertiary/aromatic N) is 2. The van der Waals surface area contributed by atoms with Crippen LogP contribution in [0.1, 0.15) is 30.1 Å². The van der Waals surface area contributed by atoms with Crippen molar-refractivity contribution in [3.8, 4) is 0 Å². The third kappa shape index (κ3) is 3.54. The second-order valence-electron chi connectivity index (χ2n) is 5.54. The number of hydrogen-bond donors (Lipinski definition) is 1. The zero-order chi connectivity index (χ0) is 15.4. The van der Waals surface area contributed by atoms with E-state index in [1.54, 1.807) is 4.90 Å². The monoisotopic (exact) mass is 290 g/mol. The molecule has 1 aromatic carbocycles. The molecule has 0 aliphatic carbocycles. The van der Waals surface area contributed by atoms with Gasteiger partial charge in [-0.1, -0.05) is 6.92 Å². The average molecular weight is 290 g/mol. The van der Waals surface area contributed by atoms with Crippen LogP contribution >= 0.6 is 0 Å². The molecule has 1 N–H and O–H groups in total. The van der Waals surface area contributed by atoms with Gasteiger partial charge in [0.15, 0.2) is 0 Å². The molecule has 1 aliphatic heterocycles. The van der Waals surface area contributed by atoms with Crippen molar-refractivity contribution in [2.45, 2.75) is 19.8 Å². The van der Waals surface area contributed by atoms with Crippen molar-refractivity contribution in [1.82, 2.24) is 4.90 Å². The molecule has 0 spiro atoms. The molecule has 114 valence electrons. The van der Waals surface area contributed by atoms with Gasteiger partial charge in [0.25, 0.3) is 5.91 Å². The van der Waals surface area contributed by atoms with E-state index >= 15 is 0 Å². The summed E-state index contributed by atoms with van der Waals surface area (Å²) < 4.78 is 0. The lowest BCUT2D eigenvalue weighted by atomic mass is 10.1. The molecular formula is C16H22N2O3. The Morgan fingerprint density at radius 1 is 1.33 bits per heavy atom. The molecular weight excluding hydrogens is 268 g/mol. The van der Waals surface area contributed by atoms with Crippen molar-refractivity contribution >= 4 is 17.6 Å². The maximum atomic E-state index is 12.3. The normalized spacial score (nSPS) is 17.8. The molecule has 21 heavy (non-hydrogen) atoms. The standard InChI is InChI=1S/C16H22N2O3/c1-3-9-17(2)14-6-4-12(5-7-14)15(19)18-10-8-13(11-18)16(20)21/h4-7,13H,3,8-11H2,1-2H3,(H,20,21). The molecule has 1 amide bonds. The Kier molecular flexibility index (Phi) is 4.83. The number of carboxylic acids is 1. The van der Waals surface area contributed by atoms with Gasteiger partial charge in [-0.25, -0.2) is 0 Å². The lowest BCUT2D eigenvalue weighted by Crippen LogP contribution is -2.30. The summed E-state index contributed by atoms with van der Waals surface area (Å²) in [7, 11) is 2.03. The Bertz CT molecular complexity index is 513. The van der Waals surface area contributed by atoms with Crippen LogP contribution in [0.15, 0.2) is 24.3 Å². The van der Waals surface area contributed by atoms with E-state index in [0.717, 1.165) is 18.7 Å². The van der Waals surface area contributed by atoms with Gasteiger partial charge in [0.05, 0.1) is 5.92 Å². The van der Waals surface area contributed by atoms with Gasteiger partial charge in [-0.2, -0.15) is 0 Å². The highest BCUT2D eigenvalue weighted by atomic mass is 16.4. The number of hydrogen-bond acceptors (Lipinski definition) is 3. The Morgan fingerprint density at radius 3 is 2.52 bits per heavy atom. The second kappa shape index (κ2) is 6.61. The van der Waals surface area contributed by atoms with Crippen molar-refractivity contribution in [2.75, 3.05) is 31.6 Å². The molecule has 5 heteroatoms. The van der Waals surface area contributed by atoms with Crippen LogP contribution in [0.4, 0.5) is 5.69 Å². The highest BCUT2D eigenvalue weighted by Crippen LogP contribution is 2.20. The largest absolute Gasteiger partial charge is 0.481 e. The van der Waals surface area contributed by atoms with E-state index in [9.17, 15) is 9.59 Å². The minimum atomic E-state index is -0.818. The van der Waals surface area contributed by atoms with Gasteiger partial charge in [-0.3, -0.25) is 9.59 Å². The number of rotatable bonds is 5. The zero-order valence-corrected chi connectivity index (χ0v) is 12.6. The van der Waals surface area contributed by atoms with Crippen molar-refractivity contribution in [3.63, 3.8) is 0 Å². The first-order valence-corrected chi connectivity index (χ1v) is 7.36. The summed E-state index contributed by atoms with van der Waals surface area (Å²) in [6.45, 7) is 3.93. The fourth-order valence-corrected chi connectivity index (χ4v) is 2.65. The van der Waals surface area contributed by atoms with Crippen LogP contribution in [0.2, 0.25) is 0 Å². The molecule has 5 nitrogen and oxygen atoms in total. The van der Waals surface area contributed by atoms with E-state index in [1.807, 2.05) is 31.3 Å². The summed E-state index contributed by atoms with van der Waals surface area (Å²) in [5, 5.41) is 8.99. The SMILES string of the molecule is CCCN(C)c1ccc(C(=O)N2CCC(C(=O)O)C2)cc1. The van der Waals surface area contributed by atoms with Crippen molar-refractivity contribution in [3.05, 3.63) is 29.8 Å². The number of anilines is 1. The molecule has 1 unspecified atom stereocenters. The van der Waals surface area contributed by atoms with E-state index in [2.05, 4.69) is 11.8 Å². The number of amides is 1. The highest BCUT2D eigenvalue weighted by molar-refractivity contribution is 5.95. The Balaban J connectivity index is 2.02. The first kappa shape index (κ1) is 15.4. The Hall–Kier alpha value is -2.04. The molecule has 0 aromatic heterocycles. The number of benzene rings is 1. The van der Waals surface area contributed by atoms with Crippen LogP contribution < -0.4 is 4.90 Å². The number of likely N-dealkylation sites (tertiary alicyclic amines) is 1. The molecule has 0 saturated carbocycles. The average Bonchev–Trinajstić information content (AvgIpc) is 2.97. The van der Waals surface area contributed by atoms with Crippen LogP contribution in [0, 0.1) is 5.92 Å². The van der Waals surface area contributed by atoms with Crippen molar-refractivity contribution in [2.24, 2.45) is 5.92 Å². The van der Waals surface area contributed by atoms with Crippen LogP contribution in [-0.2, 0) is 4.79 Å². The summed E-state index contributed by atoms with van der Waals surface area (Å²) in [5.74, 6) is -1.32. The lowest BCUT2D eigenvalue weighted by Gasteiger charge is -2.19. The van der Waals surface area contributed by atoms with Crippen molar-refractivity contribution in [1.29, 1.82) is 0 Å². The predicted octanol–water partition coefficient (Wildman–Crippen LogP) is 2.08. The van der Waals surface area contributed by atoms with E-state index in [1.165, 1.54) is 0 Å². The smallest absolute Gasteiger partial charge is 0.308 e. The lowest BCUT2D eigenvalue weighted by molar-refractivity contribution is -0.141. The number of carbonyl (C=O) groups is 2. The first-order chi connectivity index (χ1) is 10.0. The van der Waals surface area contributed by atoms with E-state index in [0.29, 0.717) is 25.1 Å². The van der Waals surface area contributed by atoms with E-state index in [-0.39, 0.29) is 5.91 Å². The summed E-state index contributed by atoms with van der Waals surface area (Å²) in [5.41, 5.74) is 1.70. The Labute approximate surface area is 125 Å². The molecule has 0 radical (unpaired) electrons. The highest BCUT2D eigenvalue weighted by Gasteiger charge is 2.31. The van der Waals surface area contributed by atoms with Gasteiger partial charge in [-0.05, 0) is 37.1 Å². The fraction of sp³-hybridized carbons (Fsp3) is 0.500. The van der Waals surface area contributed by atoms with Crippen LogP contribution in [-0.4, -0.2) is 48.6 Å². The molecule has 1 atom stereocenters. The van der Waals surface area contributed by atoms with Crippen molar-refractivity contribution < 1.29 is 14.7 Å². The molecule has 1 heterocycles. The third-order valence-corrected chi connectivity index (χ3v) is 3.94. The number of aliphatic carboxylic acids is 1. The molecule has 1 saturated heterocycles. The summed E-state index contributed by atoms with van der Waals surface area (Å²) in [6.07, 6.45) is 1.61. The van der Waals surface area contributed by atoms with E-state index < -0.39 is 11.9 Å². The predicted molar refractivity (Wildman–Crippen MR) is 81.6 cm³/mol. The Morgan fingerprint density at radius 2 is 2.00 bits per heavy atom. The maximum Gasteiger partial charge on any atom is 0.308 e. The molecule has 1 fully saturated rings.